The lowest BCUT2D eigenvalue weighted by Gasteiger charge is -2.43. The van der Waals surface area contributed by atoms with E-state index in [-0.39, 0.29) is 12.5 Å². The monoisotopic (exact) mass is 452 g/mol. The first-order valence-electron chi connectivity index (χ1n) is 11.2. The highest BCUT2D eigenvalue weighted by molar-refractivity contribution is 6.31. The maximum atomic E-state index is 13.1. The molecule has 0 aromatic heterocycles. The highest BCUT2D eigenvalue weighted by Crippen LogP contribution is 2.37. The van der Waals surface area contributed by atoms with Gasteiger partial charge in [0.2, 0.25) is 5.91 Å². The summed E-state index contributed by atoms with van der Waals surface area (Å²) in [7, 11) is 0. The van der Waals surface area contributed by atoms with E-state index in [1.807, 2.05) is 31.2 Å². The number of carbonyl (C=O) groups excluding carboxylic acids is 1. The van der Waals surface area contributed by atoms with Gasteiger partial charge in [0.05, 0.1) is 6.57 Å². The summed E-state index contributed by atoms with van der Waals surface area (Å²) in [5.41, 5.74) is 1.87. The summed E-state index contributed by atoms with van der Waals surface area (Å²) >= 11 is 6.13. The molecule has 1 aliphatic carbocycles. The molecular formula is C26H29ClN2O3. The van der Waals surface area contributed by atoms with Gasteiger partial charge < -0.3 is 10.0 Å². The quantitative estimate of drug-likeness (QED) is 0.445. The van der Waals surface area contributed by atoms with Gasteiger partial charge in [0.15, 0.2) is 5.69 Å². The predicted molar refractivity (Wildman–Crippen MR) is 127 cm³/mol. The van der Waals surface area contributed by atoms with E-state index in [0.29, 0.717) is 30.0 Å². The molecule has 0 spiro atoms. The largest absolute Gasteiger partial charge is 0.479 e. The molecule has 2 aromatic rings. The van der Waals surface area contributed by atoms with E-state index in [1.165, 1.54) is 0 Å². The summed E-state index contributed by atoms with van der Waals surface area (Å²) in [6.07, 6.45) is 5.62. The number of carboxylic acids is 1. The van der Waals surface area contributed by atoms with Gasteiger partial charge >= 0.3 is 5.97 Å². The maximum absolute atomic E-state index is 13.1. The molecule has 1 N–H and O–H groups in total. The van der Waals surface area contributed by atoms with E-state index in [9.17, 15) is 14.7 Å². The number of amides is 1. The predicted octanol–water partition coefficient (Wildman–Crippen LogP) is 6.86. The highest BCUT2D eigenvalue weighted by atomic mass is 35.5. The first-order valence-corrected chi connectivity index (χ1v) is 11.6. The van der Waals surface area contributed by atoms with Gasteiger partial charge in [0, 0.05) is 18.0 Å². The maximum Gasteiger partial charge on any atom is 0.329 e. The van der Waals surface area contributed by atoms with Gasteiger partial charge in [0.25, 0.3) is 0 Å². The molecule has 1 fully saturated rings. The first kappa shape index (κ1) is 23.8. The Balaban J connectivity index is 1.91. The number of hydrogen-bond donors (Lipinski definition) is 1. The molecular weight excluding hydrogens is 424 g/mol. The third-order valence-electron chi connectivity index (χ3n) is 6.33. The van der Waals surface area contributed by atoms with E-state index in [0.717, 1.165) is 48.8 Å². The summed E-state index contributed by atoms with van der Waals surface area (Å²) in [4.78, 5) is 30.7. The van der Waals surface area contributed by atoms with E-state index >= 15 is 0 Å². The SMILES string of the molecule is [C-]#[N+]c1ccc(Cl)cc1-c1ccc(CN(C(=O)CCCC)C2(C(=O)O)CCCCC2)cc1. The van der Waals surface area contributed by atoms with Crippen molar-refractivity contribution in [2.45, 2.75) is 70.4 Å². The van der Waals surface area contributed by atoms with Crippen molar-refractivity contribution in [2.75, 3.05) is 0 Å². The molecule has 2 aromatic carbocycles. The van der Waals surface area contributed by atoms with E-state index in [1.54, 1.807) is 23.1 Å². The van der Waals surface area contributed by atoms with Crippen LogP contribution in [0.3, 0.4) is 0 Å². The lowest BCUT2D eigenvalue weighted by molar-refractivity contribution is -0.163. The van der Waals surface area contributed by atoms with Crippen molar-refractivity contribution in [2.24, 2.45) is 0 Å². The highest BCUT2D eigenvalue weighted by Gasteiger charge is 2.46. The van der Waals surface area contributed by atoms with E-state index < -0.39 is 11.5 Å². The third kappa shape index (κ3) is 5.14. The fourth-order valence-corrected chi connectivity index (χ4v) is 4.66. The number of halogens is 1. The number of nitrogens with zero attached hydrogens (tertiary/aromatic N) is 2. The fourth-order valence-electron chi connectivity index (χ4n) is 4.49. The lowest BCUT2D eigenvalue weighted by atomic mass is 9.79. The minimum atomic E-state index is -1.13. The second-order valence-electron chi connectivity index (χ2n) is 8.45. The van der Waals surface area contributed by atoms with Crippen LogP contribution in [-0.4, -0.2) is 27.4 Å². The average Bonchev–Trinajstić information content (AvgIpc) is 2.81. The topological polar surface area (TPSA) is 62.0 Å². The Morgan fingerprint density at radius 3 is 2.41 bits per heavy atom. The number of benzene rings is 2. The van der Waals surface area contributed by atoms with Crippen LogP contribution in [-0.2, 0) is 16.1 Å². The van der Waals surface area contributed by atoms with Crippen molar-refractivity contribution < 1.29 is 14.7 Å². The molecule has 0 unspecified atom stereocenters. The zero-order valence-electron chi connectivity index (χ0n) is 18.4. The Hall–Kier alpha value is -2.84. The molecule has 5 nitrogen and oxygen atoms in total. The Bertz CT molecular complexity index is 1000. The Morgan fingerprint density at radius 2 is 1.81 bits per heavy atom. The number of carboxylic acid groups (broad SMARTS) is 1. The number of carbonyl (C=O) groups is 2. The molecule has 1 amide bonds. The molecule has 0 radical (unpaired) electrons. The molecule has 0 heterocycles. The van der Waals surface area contributed by atoms with Gasteiger partial charge in [-0.15, -0.1) is 0 Å². The van der Waals surface area contributed by atoms with Crippen LogP contribution in [0.4, 0.5) is 5.69 Å². The lowest BCUT2D eigenvalue weighted by Crippen LogP contribution is -2.57. The standard InChI is InChI=1S/C26H29ClN2O3/c1-3-4-8-24(30)29(26(25(31)32)15-6-5-7-16-26)18-19-9-11-20(12-10-19)22-17-21(27)13-14-23(22)28-2/h9-14,17H,3-8,15-16,18H2,1H3,(H,31,32). The average molecular weight is 453 g/mol. The minimum absolute atomic E-state index is 0.0923. The van der Waals surface area contributed by atoms with E-state index in [4.69, 9.17) is 18.2 Å². The summed E-state index contributed by atoms with van der Waals surface area (Å²) in [6, 6.07) is 12.8. The Labute approximate surface area is 194 Å². The number of unbranched alkanes of at least 4 members (excludes halogenated alkanes) is 1. The van der Waals surface area contributed by atoms with Crippen molar-refractivity contribution in [1.29, 1.82) is 0 Å². The van der Waals surface area contributed by atoms with Gasteiger partial charge in [-0.25, -0.2) is 9.64 Å². The van der Waals surface area contributed by atoms with Crippen LogP contribution in [0.2, 0.25) is 5.02 Å². The molecule has 0 atom stereocenters. The van der Waals surface area contributed by atoms with Crippen molar-refractivity contribution in [1.82, 2.24) is 4.90 Å². The van der Waals surface area contributed by atoms with Gasteiger partial charge in [-0.2, -0.15) is 0 Å². The van der Waals surface area contributed by atoms with Crippen LogP contribution in [0.15, 0.2) is 42.5 Å². The van der Waals surface area contributed by atoms with Crippen molar-refractivity contribution in [3.8, 4) is 11.1 Å². The third-order valence-corrected chi connectivity index (χ3v) is 6.56. The molecule has 32 heavy (non-hydrogen) atoms. The Kier molecular flexibility index (Phi) is 7.93. The van der Waals surface area contributed by atoms with Gasteiger partial charge in [-0.3, -0.25) is 4.79 Å². The minimum Gasteiger partial charge on any atom is -0.479 e. The molecule has 0 saturated heterocycles. The molecule has 1 saturated carbocycles. The number of aliphatic carboxylic acids is 1. The normalized spacial score (nSPS) is 15.0. The van der Waals surface area contributed by atoms with Gasteiger partial charge in [-0.05, 0) is 42.0 Å². The molecule has 0 bridgehead atoms. The smallest absolute Gasteiger partial charge is 0.329 e. The zero-order valence-corrected chi connectivity index (χ0v) is 19.2. The van der Waals surface area contributed by atoms with Crippen LogP contribution in [0, 0.1) is 6.57 Å². The first-order chi connectivity index (χ1) is 15.4. The fraction of sp³-hybridized carbons (Fsp3) is 0.423. The van der Waals surface area contributed by atoms with Gasteiger partial charge in [0.1, 0.15) is 5.54 Å². The molecule has 168 valence electrons. The summed E-state index contributed by atoms with van der Waals surface area (Å²) in [5, 5.41) is 10.7. The molecule has 3 rings (SSSR count). The van der Waals surface area contributed by atoms with Crippen molar-refractivity contribution in [3.05, 3.63) is 64.5 Å². The summed E-state index contributed by atoms with van der Waals surface area (Å²) in [5.74, 6) is -0.996. The van der Waals surface area contributed by atoms with E-state index in [2.05, 4.69) is 4.85 Å². The summed E-state index contributed by atoms with van der Waals surface area (Å²) in [6.45, 7) is 9.69. The summed E-state index contributed by atoms with van der Waals surface area (Å²) < 4.78 is 0. The Morgan fingerprint density at radius 1 is 1.12 bits per heavy atom. The second kappa shape index (κ2) is 10.7. The van der Waals surface area contributed by atoms with Crippen LogP contribution in [0.1, 0.15) is 63.9 Å². The number of hydrogen-bond acceptors (Lipinski definition) is 2. The van der Waals surface area contributed by atoms with Crippen LogP contribution in [0.25, 0.3) is 16.0 Å². The van der Waals surface area contributed by atoms with Crippen LogP contribution in [0.5, 0.6) is 0 Å². The van der Waals surface area contributed by atoms with Crippen molar-refractivity contribution in [3.63, 3.8) is 0 Å². The van der Waals surface area contributed by atoms with Crippen LogP contribution < -0.4 is 0 Å². The van der Waals surface area contributed by atoms with Crippen LogP contribution >= 0.6 is 11.6 Å². The molecule has 0 aliphatic heterocycles. The molecule has 1 aliphatic rings. The second-order valence-corrected chi connectivity index (χ2v) is 8.89. The molecule has 6 heteroatoms. The zero-order chi connectivity index (χ0) is 23.1. The number of rotatable bonds is 8. The van der Waals surface area contributed by atoms with Gasteiger partial charge in [-0.1, -0.05) is 80.6 Å². The van der Waals surface area contributed by atoms with Crippen molar-refractivity contribution >= 4 is 29.2 Å².